The standard InChI is InChI=1S/C17H12N2O4/c1-23-14-9-12(10-20)17(19(21)22)15-13(7-8-18-16(14)15)11-5-3-2-4-6-11/h2-10H,1H3. The summed E-state index contributed by atoms with van der Waals surface area (Å²) in [5.74, 6) is 0.325. The van der Waals surface area contributed by atoms with E-state index < -0.39 is 4.92 Å². The van der Waals surface area contributed by atoms with Gasteiger partial charge >= 0.3 is 0 Å². The van der Waals surface area contributed by atoms with E-state index >= 15 is 0 Å². The molecule has 6 heteroatoms. The molecule has 0 N–H and O–H groups in total. The van der Waals surface area contributed by atoms with Gasteiger partial charge in [-0.15, -0.1) is 0 Å². The van der Waals surface area contributed by atoms with E-state index in [0.717, 1.165) is 5.56 Å². The molecule has 0 fully saturated rings. The second-order valence-corrected chi connectivity index (χ2v) is 4.84. The summed E-state index contributed by atoms with van der Waals surface area (Å²) < 4.78 is 5.25. The minimum atomic E-state index is -0.556. The summed E-state index contributed by atoms with van der Waals surface area (Å²) in [6.45, 7) is 0. The molecule has 0 aliphatic rings. The largest absolute Gasteiger partial charge is 0.494 e. The van der Waals surface area contributed by atoms with Gasteiger partial charge < -0.3 is 4.74 Å². The second kappa shape index (κ2) is 5.84. The van der Waals surface area contributed by atoms with Gasteiger partial charge in [-0.2, -0.15) is 0 Å². The highest BCUT2D eigenvalue weighted by Crippen LogP contribution is 2.40. The second-order valence-electron chi connectivity index (χ2n) is 4.84. The van der Waals surface area contributed by atoms with Gasteiger partial charge in [0, 0.05) is 6.20 Å². The normalized spacial score (nSPS) is 10.5. The van der Waals surface area contributed by atoms with Crippen LogP contribution in [0.15, 0.2) is 48.7 Å². The van der Waals surface area contributed by atoms with Crippen LogP contribution in [0.5, 0.6) is 5.75 Å². The molecule has 0 amide bonds. The molecule has 0 radical (unpaired) electrons. The number of benzene rings is 2. The van der Waals surface area contributed by atoms with E-state index in [0.29, 0.717) is 28.5 Å². The van der Waals surface area contributed by atoms with Gasteiger partial charge in [0.15, 0.2) is 6.29 Å². The maximum atomic E-state index is 11.6. The molecule has 23 heavy (non-hydrogen) atoms. The predicted octanol–water partition coefficient (Wildman–Crippen LogP) is 3.63. The van der Waals surface area contributed by atoms with Crippen LogP contribution < -0.4 is 4.74 Å². The van der Waals surface area contributed by atoms with Gasteiger partial charge in [-0.3, -0.25) is 19.9 Å². The van der Waals surface area contributed by atoms with E-state index in [4.69, 9.17) is 4.74 Å². The number of aldehydes is 1. The van der Waals surface area contributed by atoms with Gasteiger partial charge in [-0.1, -0.05) is 30.3 Å². The topological polar surface area (TPSA) is 82.3 Å². The van der Waals surface area contributed by atoms with Crippen LogP contribution >= 0.6 is 0 Å². The number of aromatic nitrogens is 1. The summed E-state index contributed by atoms with van der Waals surface area (Å²) in [6, 6.07) is 12.3. The lowest BCUT2D eigenvalue weighted by atomic mass is 9.97. The van der Waals surface area contributed by atoms with Gasteiger partial charge in [0.1, 0.15) is 11.3 Å². The summed E-state index contributed by atoms with van der Waals surface area (Å²) in [7, 11) is 1.44. The minimum absolute atomic E-state index is 0.0375. The number of nitro groups is 1. The van der Waals surface area contributed by atoms with Crippen LogP contribution in [0.4, 0.5) is 5.69 Å². The Labute approximate surface area is 131 Å². The van der Waals surface area contributed by atoms with Crippen LogP contribution in [0, 0.1) is 10.1 Å². The maximum absolute atomic E-state index is 11.6. The first kappa shape index (κ1) is 14.6. The number of nitrogens with zero attached hydrogens (tertiary/aromatic N) is 2. The molecule has 1 aromatic heterocycles. The highest BCUT2D eigenvalue weighted by molar-refractivity contribution is 6.08. The Morgan fingerprint density at radius 1 is 1.22 bits per heavy atom. The van der Waals surface area contributed by atoms with Crippen molar-refractivity contribution in [1.29, 1.82) is 0 Å². The third-order valence-corrected chi connectivity index (χ3v) is 3.60. The number of pyridine rings is 1. The number of rotatable bonds is 4. The summed E-state index contributed by atoms with van der Waals surface area (Å²) in [5.41, 5.74) is 1.48. The molecule has 6 nitrogen and oxygen atoms in total. The molecule has 0 bridgehead atoms. The van der Waals surface area contributed by atoms with Crippen LogP contribution in [-0.2, 0) is 0 Å². The van der Waals surface area contributed by atoms with Gasteiger partial charge in [-0.05, 0) is 23.3 Å². The van der Waals surface area contributed by atoms with Crippen LogP contribution in [0.2, 0.25) is 0 Å². The molecule has 0 aliphatic carbocycles. The average Bonchev–Trinajstić information content (AvgIpc) is 2.60. The van der Waals surface area contributed by atoms with Gasteiger partial charge in [0.2, 0.25) is 0 Å². The Kier molecular flexibility index (Phi) is 3.72. The smallest absolute Gasteiger partial charge is 0.290 e. The zero-order valence-electron chi connectivity index (χ0n) is 12.2. The van der Waals surface area contributed by atoms with Crippen molar-refractivity contribution in [2.45, 2.75) is 0 Å². The summed E-state index contributed by atoms with van der Waals surface area (Å²) in [4.78, 5) is 26.5. The number of nitro benzene ring substituents is 1. The van der Waals surface area contributed by atoms with Gasteiger partial charge in [0.05, 0.1) is 23.0 Å². The van der Waals surface area contributed by atoms with Gasteiger partial charge in [0.25, 0.3) is 5.69 Å². The van der Waals surface area contributed by atoms with Crippen molar-refractivity contribution in [3.63, 3.8) is 0 Å². The Bertz CT molecular complexity index is 907. The van der Waals surface area contributed by atoms with Crippen LogP contribution in [0.1, 0.15) is 10.4 Å². The first-order valence-electron chi connectivity index (χ1n) is 6.82. The molecule has 0 spiro atoms. The molecule has 0 unspecified atom stereocenters. The molecule has 2 aromatic carbocycles. The number of ether oxygens (including phenoxy) is 1. The van der Waals surface area contributed by atoms with Crippen molar-refractivity contribution in [2.24, 2.45) is 0 Å². The fourth-order valence-corrected chi connectivity index (χ4v) is 2.61. The number of hydrogen-bond donors (Lipinski definition) is 0. The zero-order valence-corrected chi connectivity index (χ0v) is 12.2. The number of fused-ring (bicyclic) bond motifs is 1. The number of carbonyl (C=O) groups excluding carboxylic acids is 1. The van der Waals surface area contributed by atoms with Crippen molar-refractivity contribution < 1.29 is 14.5 Å². The van der Waals surface area contributed by atoms with E-state index in [2.05, 4.69) is 4.98 Å². The molecular weight excluding hydrogens is 296 g/mol. The number of methoxy groups -OCH3 is 1. The van der Waals surface area contributed by atoms with E-state index in [9.17, 15) is 14.9 Å². The van der Waals surface area contributed by atoms with Crippen molar-refractivity contribution in [1.82, 2.24) is 4.98 Å². The molecule has 114 valence electrons. The van der Waals surface area contributed by atoms with Crippen LogP contribution in [-0.4, -0.2) is 23.3 Å². The predicted molar refractivity (Wildman–Crippen MR) is 85.8 cm³/mol. The monoisotopic (exact) mass is 308 g/mol. The van der Waals surface area contributed by atoms with E-state index in [1.807, 2.05) is 30.3 Å². The molecule has 3 rings (SSSR count). The third kappa shape index (κ3) is 2.40. The summed E-state index contributed by atoms with van der Waals surface area (Å²) in [6.07, 6.45) is 2.03. The van der Waals surface area contributed by atoms with Crippen molar-refractivity contribution in [3.05, 3.63) is 64.3 Å². The highest BCUT2D eigenvalue weighted by Gasteiger charge is 2.25. The zero-order chi connectivity index (χ0) is 16.4. The third-order valence-electron chi connectivity index (χ3n) is 3.60. The first-order chi connectivity index (χ1) is 11.2. The molecule has 0 aliphatic heterocycles. The Hall–Kier alpha value is -3.28. The minimum Gasteiger partial charge on any atom is -0.494 e. The lowest BCUT2D eigenvalue weighted by Crippen LogP contribution is -2.00. The number of hydrogen-bond acceptors (Lipinski definition) is 5. The summed E-state index contributed by atoms with van der Waals surface area (Å²) in [5, 5.41) is 11.9. The summed E-state index contributed by atoms with van der Waals surface area (Å²) >= 11 is 0. The maximum Gasteiger partial charge on any atom is 0.290 e. The molecule has 0 saturated carbocycles. The van der Waals surface area contributed by atoms with Crippen molar-refractivity contribution >= 4 is 22.9 Å². The van der Waals surface area contributed by atoms with Crippen LogP contribution in [0.3, 0.4) is 0 Å². The SMILES string of the molecule is COc1cc(C=O)c([N+](=O)[O-])c2c(-c3ccccc3)ccnc12. The lowest BCUT2D eigenvalue weighted by molar-refractivity contribution is -0.383. The first-order valence-corrected chi connectivity index (χ1v) is 6.82. The highest BCUT2D eigenvalue weighted by atomic mass is 16.6. The average molecular weight is 308 g/mol. The Morgan fingerprint density at radius 3 is 2.57 bits per heavy atom. The number of carbonyl (C=O) groups is 1. The molecule has 0 saturated heterocycles. The molecular formula is C17H12N2O4. The molecule has 0 atom stereocenters. The fourth-order valence-electron chi connectivity index (χ4n) is 2.61. The van der Waals surface area contributed by atoms with E-state index in [-0.39, 0.29) is 11.3 Å². The van der Waals surface area contributed by atoms with Gasteiger partial charge in [-0.25, -0.2) is 0 Å². The van der Waals surface area contributed by atoms with Crippen molar-refractivity contribution in [3.8, 4) is 16.9 Å². The van der Waals surface area contributed by atoms with E-state index in [1.54, 1.807) is 12.3 Å². The van der Waals surface area contributed by atoms with Crippen LogP contribution in [0.25, 0.3) is 22.0 Å². The lowest BCUT2D eigenvalue weighted by Gasteiger charge is -2.11. The Morgan fingerprint density at radius 2 is 1.96 bits per heavy atom. The fraction of sp³-hybridized carbons (Fsp3) is 0.0588. The Balaban J connectivity index is 2.52. The quantitative estimate of drug-likeness (QED) is 0.417. The molecule has 3 aromatic rings. The molecule has 1 heterocycles. The van der Waals surface area contributed by atoms with E-state index in [1.165, 1.54) is 13.2 Å². The van der Waals surface area contributed by atoms with Crippen molar-refractivity contribution in [2.75, 3.05) is 7.11 Å².